The fourth-order valence-electron chi connectivity index (χ4n) is 3.69. The van der Waals surface area contributed by atoms with Gasteiger partial charge in [0.25, 0.3) is 0 Å². The standard InChI is InChI=1S/C17H18BrNO/c18-14-4-1-3-12-11(14)7-8-16(12)19-15-5-2-6-17-13(15)9-10-20-17/h1,3-4,9-10,15-16,19H,2,5-8H2. The van der Waals surface area contributed by atoms with E-state index in [0.29, 0.717) is 12.1 Å². The first-order valence-electron chi connectivity index (χ1n) is 7.42. The van der Waals surface area contributed by atoms with Crippen molar-refractivity contribution < 1.29 is 4.42 Å². The maximum Gasteiger partial charge on any atom is 0.108 e. The fraction of sp³-hybridized carbons (Fsp3) is 0.412. The second kappa shape index (κ2) is 5.05. The van der Waals surface area contributed by atoms with E-state index in [0.717, 1.165) is 6.42 Å². The van der Waals surface area contributed by atoms with Crippen LogP contribution < -0.4 is 5.32 Å². The van der Waals surface area contributed by atoms with E-state index >= 15 is 0 Å². The molecule has 2 aliphatic carbocycles. The van der Waals surface area contributed by atoms with E-state index in [4.69, 9.17) is 4.42 Å². The van der Waals surface area contributed by atoms with Gasteiger partial charge in [0.15, 0.2) is 0 Å². The van der Waals surface area contributed by atoms with Crippen LogP contribution in [0.25, 0.3) is 0 Å². The monoisotopic (exact) mass is 331 g/mol. The fourth-order valence-corrected chi connectivity index (χ4v) is 4.27. The normalized spacial score (nSPS) is 24.4. The third-order valence-electron chi connectivity index (χ3n) is 4.67. The number of nitrogens with one attached hydrogen (secondary N) is 1. The molecule has 1 aromatic heterocycles. The number of aryl methyl sites for hydroxylation is 1. The molecular weight excluding hydrogens is 314 g/mol. The van der Waals surface area contributed by atoms with Gasteiger partial charge in [-0.3, -0.25) is 0 Å². The highest BCUT2D eigenvalue weighted by Gasteiger charge is 2.29. The van der Waals surface area contributed by atoms with Gasteiger partial charge >= 0.3 is 0 Å². The minimum Gasteiger partial charge on any atom is -0.469 e. The van der Waals surface area contributed by atoms with E-state index in [-0.39, 0.29) is 0 Å². The van der Waals surface area contributed by atoms with Gasteiger partial charge in [-0.15, -0.1) is 0 Å². The van der Waals surface area contributed by atoms with Crippen molar-refractivity contribution in [3.8, 4) is 0 Å². The summed E-state index contributed by atoms with van der Waals surface area (Å²) in [5.41, 5.74) is 4.32. The van der Waals surface area contributed by atoms with Gasteiger partial charge in [-0.25, -0.2) is 0 Å². The van der Waals surface area contributed by atoms with Gasteiger partial charge in [-0.1, -0.05) is 28.1 Å². The Hall–Kier alpha value is -1.06. The van der Waals surface area contributed by atoms with Gasteiger partial charge < -0.3 is 9.73 Å². The van der Waals surface area contributed by atoms with Crippen molar-refractivity contribution in [3.63, 3.8) is 0 Å². The molecular formula is C17H18BrNO. The smallest absolute Gasteiger partial charge is 0.108 e. The van der Waals surface area contributed by atoms with Gasteiger partial charge in [-0.05, 0) is 48.9 Å². The van der Waals surface area contributed by atoms with Crippen LogP contribution in [0, 0.1) is 0 Å². The van der Waals surface area contributed by atoms with Gasteiger partial charge in [0, 0.05) is 28.5 Å². The zero-order valence-electron chi connectivity index (χ0n) is 11.4. The van der Waals surface area contributed by atoms with E-state index in [9.17, 15) is 0 Å². The summed E-state index contributed by atoms with van der Waals surface area (Å²) in [5, 5.41) is 3.86. The third-order valence-corrected chi connectivity index (χ3v) is 5.41. The number of halogens is 1. The van der Waals surface area contributed by atoms with Gasteiger partial charge in [0.05, 0.1) is 6.26 Å². The molecule has 4 rings (SSSR count). The van der Waals surface area contributed by atoms with Crippen LogP contribution in [0.4, 0.5) is 0 Å². The second-order valence-corrected chi connectivity index (χ2v) is 6.66. The summed E-state index contributed by atoms with van der Waals surface area (Å²) >= 11 is 3.68. The van der Waals surface area contributed by atoms with E-state index in [1.54, 1.807) is 0 Å². The van der Waals surface area contributed by atoms with E-state index < -0.39 is 0 Å². The SMILES string of the molecule is Brc1cccc2c1CCC2NC1CCCc2occc21. The highest BCUT2D eigenvalue weighted by Crippen LogP contribution is 2.39. The lowest BCUT2D eigenvalue weighted by atomic mass is 9.92. The Morgan fingerprint density at radius 3 is 2.90 bits per heavy atom. The molecule has 3 heteroatoms. The van der Waals surface area contributed by atoms with E-state index in [2.05, 4.69) is 45.5 Å². The Kier molecular flexibility index (Phi) is 3.20. The molecule has 1 N–H and O–H groups in total. The molecule has 1 aromatic carbocycles. The summed E-state index contributed by atoms with van der Waals surface area (Å²) in [5.74, 6) is 1.18. The first-order chi connectivity index (χ1) is 9.83. The van der Waals surface area contributed by atoms with Crippen molar-refractivity contribution in [2.24, 2.45) is 0 Å². The van der Waals surface area contributed by atoms with Crippen LogP contribution in [-0.2, 0) is 12.8 Å². The molecule has 0 spiro atoms. The van der Waals surface area contributed by atoms with E-state index in [1.165, 1.54) is 52.6 Å². The Morgan fingerprint density at radius 1 is 1.05 bits per heavy atom. The maximum atomic E-state index is 5.59. The molecule has 0 radical (unpaired) electrons. The molecule has 1 heterocycles. The summed E-state index contributed by atoms with van der Waals surface area (Å²) in [6, 6.07) is 9.64. The lowest BCUT2D eigenvalue weighted by Gasteiger charge is -2.26. The minimum atomic E-state index is 0.451. The van der Waals surface area contributed by atoms with Crippen molar-refractivity contribution >= 4 is 15.9 Å². The summed E-state index contributed by atoms with van der Waals surface area (Å²) in [7, 11) is 0. The zero-order valence-corrected chi connectivity index (χ0v) is 12.9. The molecule has 2 aromatic rings. The number of hydrogen-bond donors (Lipinski definition) is 1. The van der Waals surface area contributed by atoms with Gasteiger partial charge in [0.1, 0.15) is 5.76 Å². The van der Waals surface area contributed by atoms with Crippen LogP contribution in [0.1, 0.15) is 53.8 Å². The highest BCUT2D eigenvalue weighted by atomic mass is 79.9. The first-order valence-corrected chi connectivity index (χ1v) is 8.22. The Balaban J connectivity index is 1.60. The molecule has 0 bridgehead atoms. The van der Waals surface area contributed by atoms with Crippen LogP contribution in [-0.4, -0.2) is 0 Å². The second-order valence-electron chi connectivity index (χ2n) is 5.81. The predicted octanol–water partition coefficient (Wildman–Crippen LogP) is 4.70. The number of benzene rings is 1. The predicted molar refractivity (Wildman–Crippen MR) is 82.7 cm³/mol. The number of hydrogen-bond acceptors (Lipinski definition) is 2. The Bertz CT molecular complexity index is 634. The Labute approximate surface area is 127 Å². The average molecular weight is 332 g/mol. The maximum absolute atomic E-state index is 5.59. The third kappa shape index (κ3) is 2.04. The summed E-state index contributed by atoms with van der Waals surface area (Å²) in [4.78, 5) is 0. The van der Waals surface area contributed by atoms with Crippen molar-refractivity contribution in [1.82, 2.24) is 5.32 Å². The molecule has 0 saturated heterocycles. The van der Waals surface area contributed by atoms with Crippen molar-refractivity contribution in [2.45, 2.75) is 44.2 Å². The lowest BCUT2D eigenvalue weighted by molar-refractivity contribution is 0.375. The molecule has 0 fully saturated rings. The minimum absolute atomic E-state index is 0.451. The first kappa shape index (κ1) is 12.7. The molecule has 2 atom stereocenters. The molecule has 2 nitrogen and oxygen atoms in total. The number of furan rings is 1. The van der Waals surface area contributed by atoms with Crippen LogP contribution >= 0.6 is 15.9 Å². The van der Waals surface area contributed by atoms with Gasteiger partial charge in [-0.2, -0.15) is 0 Å². The molecule has 0 amide bonds. The lowest BCUT2D eigenvalue weighted by Crippen LogP contribution is -2.27. The van der Waals surface area contributed by atoms with Crippen molar-refractivity contribution in [1.29, 1.82) is 0 Å². The Morgan fingerprint density at radius 2 is 1.95 bits per heavy atom. The van der Waals surface area contributed by atoms with Crippen molar-refractivity contribution in [2.75, 3.05) is 0 Å². The van der Waals surface area contributed by atoms with Crippen LogP contribution in [0.2, 0.25) is 0 Å². The highest BCUT2D eigenvalue weighted by molar-refractivity contribution is 9.10. The summed E-state index contributed by atoms with van der Waals surface area (Å²) < 4.78 is 6.85. The zero-order chi connectivity index (χ0) is 13.5. The molecule has 0 saturated carbocycles. The summed E-state index contributed by atoms with van der Waals surface area (Å²) in [6.07, 6.45) is 7.72. The molecule has 2 aliphatic rings. The van der Waals surface area contributed by atoms with Crippen LogP contribution in [0.3, 0.4) is 0 Å². The van der Waals surface area contributed by atoms with Crippen LogP contribution in [0.5, 0.6) is 0 Å². The molecule has 0 aliphatic heterocycles. The van der Waals surface area contributed by atoms with Crippen LogP contribution in [0.15, 0.2) is 39.4 Å². The average Bonchev–Trinajstić information content (AvgIpc) is 3.07. The largest absolute Gasteiger partial charge is 0.469 e. The quantitative estimate of drug-likeness (QED) is 0.863. The number of fused-ring (bicyclic) bond motifs is 2. The van der Waals surface area contributed by atoms with Gasteiger partial charge in [0.2, 0.25) is 0 Å². The number of rotatable bonds is 2. The van der Waals surface area contributed by atoms with E-state index in [1.807, 2.05) is 6.26 Å². The molecule has 2 unspecified atom stereocenters. The summed E-state index contributed by atoms with van der Waals surface area (Å²) in [6.45, 7) is 0. The molecule has 20 heavy (non-hydrogen) atoms. The topological polar surface area (TPSA) is 25.2 Å². The molecule has 104 valence electrons. The van der Waals surface area contributed by atoms with Crippen molar-refractivity contribution in [3.05, 3.63) is 57.5 Å².